The van der Waals surface area contributed by atoms with E-state index in [0.29, 0.717) is 12.3 Å². The number of carbonyl (C=O) groups is 1. The molecule has 0 spiro atoms. The van der Waals surface area contributed by atoms with Gasteiger partial charge in [0.1, 0.15) is 5.78 Å². The van der Waals surface area contributed by atoms with E-state index in [1.807, 2.05) is 0 Å². The summed E-state index contributed by atoms with van der Waals surface area (Å²) in [5.41, 5.74) is 0. The van der Waals surface area contributed by atoms with Crippen molar-refractivity contribution in [2.75, 3.05) is 6.61 Å². The van der Waals surface area contributed by atoms with Crippen LogP contribution in [0.25, 0.3) is 0 Å². The van der Waals surface area contributed by atoms with Crippen molar-refractivity contribution in [3.8, 4) is 0 Å². The zero-order valence-corrected chi connectivity index (χ0v) is 11.9. The van der Waals surface area contributed by atoms with Crippen LogP contribution >= 0.6 is 0 Å². The summed E-state index contributed by atoms with van der Waals surface area (Å²) in [4.78, 5) is 12.1. The van der Waals surface area contributed by atoms with E-state index in [2.05, 4.69) is 13.8 Å². The lowest BCUT2D eigenvalue weighted by molar-refractivity contribution is -0.126. The Kier molecular flexibility index (Phi) is 6.30. The number of ketones is 1. The quantitative estimate of drug-likeness (QED) is 0.767. The highest BCUT2D eigenvalue weighted by molar-refractivity contribution is 5.81. The lowest BCUT2D eigenvalue weighted by Gasteiger charge is -2.31. The monoisotopic (exact) mass is 256 g/mol. The van der Waals surface area contributed by atoms with Crippen molar-refractivity contribution in [2.24, 2.45) is 23.7 Å². The molecule has 0 aliphatic heterocycles. The van der Waals surface area contributed by atoms with E-state index in [1.165, 1.54) is 0 Å². The van der Waals surface area contributed by atoms with Gasteiger partial charge in [-0.05, 0) is 44.4 Å². The Morgan fingerprint density at radius 1 is 1.17 bits per heavy atom. The van der Waals surface area contributed by atoms with Gasteiger partial charge in [-0.25, -0.2) is 0 Å². The highest BCUT2D eigenvalue weighted by Gasteiger charge is 2.29. The van der Waals surface area contributed by atoms with E-state index >= 15 is 0 Å². The second-order valence-corrected chi connectivity index (χ2v) is 6.21. The lowest BCUT2D eigenvalue weighted by Crippen LogP contribution is -2.29. The molecular formula is C15H28O3. The Labute approximate surface area is 111 Å². The molecule has 3 nitrogen and oxygen atoms in total. The number of rotatable bonds is 6. The topological polar surface area (TPSA) is 57.5 Å². The zero-order valence-electron chi connectivity index (χ0n) is 11.9. The predicted octanol–water partition coefficient (Wildman–Crippen LogP) is 2.40. The molecule has 1 aliphatic carbocycles. The van der Waals surface area contributed by atoms with Crippen molar-refractivity contribution in [1.29, 1.82) is 0 Å². The predicted molar refractivity (Wildman–Crippen MR) is 72.2 cm³/mol. The maximum atomic E-state index is 12.1. The first-order chi connectivity index (χ1) is 8.45. The summed E-state index contributed by atoms with van der Waals surface area (Å²) in [5, 5.41) is 18.6. The van der Waals surface area contributed by atoms with Crippen molar-refractivity contribution in [3.63, 3.8) is 0 Å². The van der Waals surface area contributed by atoms with E-state index in [4.69, 9.17) is 5.11 Å². The van der Waals surface area contributed by atoms with Gasteiger partial charge in [-0.15, -0.1) is 0 Å². The number of aliphatic hydroxyl groups is 2. The van der Waals surface area contributed by atoms with Crippen LogP contribution in [-0.4, -0.2) is 28.7 Å². The first-order valence-corrected chi connectivity index (χ1v) is 7.27. The Morgan fingerprint density at radius 3 is 2.11 bits per heavy atom. The maximum absolute atomic E-state index is 12.1. The minimum absolute atomic E-state index is 0.106. The normalized spacial score (nSPS) is 28.1. The summed E-state index contributed by atoms with van der Waals surface area (Å²) in [6, 6.07) is 0. The Morgan fingerprint density at radius 2 is 1.72 bits per heavy atom. The van der Waals surface area contributed by atoms with Gasteiger partial charge in [-0.2, -0.15) is 0 Å². The van der Waals surface area contributed by atoms with Crippen molar-refractivity contribution >= 4 is 5.78 Å². The minimum atomic E-state index is -0.606. The maximum Gasteiger partial charge on any atom is 0.136 e. The molecule has 2 N–H and O–H groups in total. The average Bonchev–Trinajstić information content (AvgIpc) is 2.35. The third-order valence-corrected chi connectivity index (χ3v) is 4.55. The molecule has 0 aromatic rings. The molecule has 0 aromatic carbocycles. The summed E-state index contributed by atoms with van der Waals surface area (Å²) < 4.78 is 0. The summed E-state index contributed by atoms with van der Waals surface area (Å²) in [6.45, 7) is 6.04. The van der Waals surface area contributed by atoms with Crippen molar-refractivity contribution in [1.82, 2.24) is 0 Å². The molecule has 1 saturated carbocycles. The third-order valence-electron chi connectivity index (χ3n) is 4.55. The van der Waals surface area contributed by atoms with Crippen molar-refractivity contribution in [3.05, 3.63) is 0 Å². The number of carbonyl (C=O) groups excluding carboxylic acids is 1. The fourth-order valence-corrected chi connectivity index (χ4v) is 2.92. The van der Waals surface area contributed by atoms with E-state index < -0.39 is 6.10 Å². The average molecular weight is 256 g/mol. The Balaban J connectivity index is 2.40. The molecule has 2 atom stereocenters. The second kappa shape index (κ2) is 7.25. The largest absolute Gasteiger partial charge is 0.396 e. The Bertz CT molecular complexity index is 252. The summed E-state index contributed by atoms with van der Waals surface area (Å²) in [5.74, 6) is 1.58. The summed E-state index contributed by atoms with van der Waals surface area (Å²) in [6.07, 6.45) is 3.98. The van der Waals surface area contributed by atoms with Gasteiger partial charge in [-0.3, -0.25) is 4.79 Å². The molecule has 0 heterocycles. The number of hydrogen-bond acceptors (Lipinski definition) is 3. The summed E-state index contributed by atoms with van der Waals surface area (Å²) >= 11 is 0. The number of Topliss-reactive ketones (excluding diaryl/α,β-unsaturated/α-hetero) is 1. The van der Waals surface area contributed by atoms with Crippen LogP contribution in [0.4, 0.5) is 0 Å². The second-order valence-electron chi connectivity index (χ2n) is 6.21. The lowest BCUT2D eigenvalue weighted by atomic mass is 9.74. The van der Waals surface area contributed by atoms with Crippen LogP contribution in [0.2, 0.25) is 0 Å². The number of hydrogen-bond donors (Lipinski definition) is 2. The highest BCUT2D eigenvalue weighted by atomic mass is 16.3. The van der Waals surface area contributed by atoms with Crippen LogP contribution in [0.1, 0.15) is 52.9 Å². The molecular weight excluding hydrogens is 228 g/mol. The van der Waals surface area contributed by atoms with Crippen LogP contribution in [0.5, 0.6) is 0 Å². The van der Waals surface area contributed by atoms with Crippen molar-refractivity contribution in [2.45, 2.75) is 59.0 Å². The third kappa shape index (κ3) is 4.36. The van der Waals surface area contributed by atoms with Crippen LogP contribution in [0.3, 0.4) is 0 Å². The van der Waals surface area contributed by atoms with E-state index in [-0.39, 0.29) is 24.2 Å². The molecule has 1 rings (SSSR count). The molecule has 1 aliphatic rings. The van der Waals surface area contributed by atoms with Crippen LogP contribution in [0.15, 0.2) is 0 Å². The molecule has 1 fully saturated rings. The molecule has 0 aromatic heterocycles. The van der Waals surface area contributed by atoms with Gasteiger partial charge in [0, 0.05) is 24.9 Å². The standard InChI is InChI=1S/C15H28O3/c1-10(2)12-4-6-13(7-5-12)15(18)8-14(9-16)11(3)17/h10-14,16-17H,4-9H2,1-3H3/t11-,12?,13?,14-/m0/s1. The molecule has 0 bridgehead atoms. The van der Waals surface area contributed by atoms with Gasteiger partial charge >= 0.3 is 0 Å². The first kappa shape index (κ1) is 15.6. The van der Waals surface area contributed by atoms with Gasteiger partial charge in [0.2, 0.25) is 0 Å². The van der Waals surface area contributed by atoms with Gasteiger partial charge in [0.15, 0.2) is 0 Å². The summed E-state index contributed by atoms with van der Waals surface area (Å²) in [7, 11) is 0. The van der Waals surface area contributed by atoms with E-state index in [9.17, 15) is 9.90 Å². The van der Waals surface area contributed by atoms with E-state index in [1.54, 1.807) is 6.92 Å². The van der Waals surface area contributed by atoms with Gasteiger partial charge in [0.25, 0.3) is 0 Å². The Hall–Kier alpha value is -0.410. The molecule has 0 radical (unpaired) electrons. The van der Waals surface area contributed by atoms with Crippen LogP contribution in [-0.2, 0) is 4.79 Å². The first-order valence-electron chi connectivity index (χ1n) is 7.27. The van der Waals surface area contributed by atoms with Crippen LogP contribution in [0, 0.1) is 23.7 Å². The van der Waals surface area contributed by atoms with Crippen LogP contribution < -0.4 is 0 Å². The highest BCUT2D eigenvalue weighted by Crippen LogP contribution is 2.34. The fraction of sp³-hybridized carbons (Fsp3) is 0.933. The molecule has 106 valence electrons. The van der Waals surface area contributed by atoms with Gasteiger partial charge in [-0.1, -0.05) is 13.8 Å². The molecule has 0 amide bonds. The SMILES string of the molecule is CC(C)C1CCC(C(=O)C[C@@H](CO)[C@H](C)O)CC1. The smallest absolute Gasteiger partial charge is 0.136 e. The van der Waals surface area contributed by atoms with Crippen molar-refractivity contribution < 1.29 is 15.0 Å². The fourth-order valence-electron chi connectivity index (χ4n) is 2.92. The minimum Gasteiger partial charge on any atom is -0.396 e. The van der Waals surface area contributed by atoms with E-state index in [0.717, 1.165) is 31.6 Å². The van der Waals surface area contributed by atoms with Gasteiger partial charge < -0.3 is 10.2 Å². The molecule has 0 saturated heterocycles. The molecule has 18 heavy (non-hydrogen) atoms. The molecule has 0 unspecified atom stereocenters. The zero-order chi connectivity index (χ0) is 13.7. The number of aliphatic hydroxyl groups excluding tert-OH is 2. The molecule has 3 heteroatoms. The van der Waals surface area contributed by atoms with Gasteiger partial charge in [0.05, 0.1) is 6.10 Å².